The second-order valence-electron chi connectivity index (χ2n) is 4.59. The van der Waals surface area contributed by atoms with E-state index in [2.05, 4.69) is 5.32 Å². The van der Waals surface area contributed by atoms with Crippen LogP contribution in [0.4, 0.5) is 5.69 Å². The summed E-state index contributed by atoms with van der Waals surface area (Å²) in [7, 11) is 0. The highest BCUT2D eigenvalue weighted by molar-refractivity contribution is 6.04. The van der Waals surface area contributed by atoms with Crippen LogP contribution in [0.2, 0.25) is 0 Å². The first-order valence-corrected chi connectivity index (χ1v) is 6.62. The summed E-state index contributed by atoms with van der Waals surface area (Å²) in [6.45, 7) is 1.10. The molecule has 0 aromatic heterocycles. The van der Waals surface area contributed by atoms with Crippen molar-refractivity contribution >= 4 is 11.6 Å². The zero-order chi connectivity index (χ0) is 14.4. The van der Waals surface area contributed by atoms with Crippen molar-refractivity contribution in [3.8, 4) is 0 Å². The van der Waals surface area contributed by atoms with Crippen LogP contribution in [0.15, 0.2) is 48.5 Å². The zero-order valence-electron chi connectivity index (χ0n) is 11.3. The van der Waals surface area contributed by atoms with Crippen LogP contribution in [0.25, 0.3) is 0 Å². The monoisotopic (exact) mass is 269 g/mol. The van der Waals surface area contributed by atoms with Crippen LogP contribution in [-0.4, -0.2) is 12.5 Å². The average molecular weight is 269 g/mol. The molecule has 0 aliphatic carbocycles. The van der Waals surface area contributed by atoms with Gasteiger partial charge in [0.2, 0.25) is 0 Å². The Kier molecular flexibility index (Phi) is 4.87. The maximum Gasteiger partial charge on any atom is 0.255 e. The Morgan fingerprint density at radius 1 is 0.900 bits per heavy atom. The van der Waals surface area contributed by atoms with Crippen molar-refractivity contribution < 1.29 is 4.79 Å². The minimum atomic E-state index is -0.125. The summed E-state index contributed by atoms with van der Waals surface area (Å²) in [6.07, 6.45) is 0.842. The van der Waals surface area contributed by atoms with Gasteiger partial charge in [-0.15, -0.1) is 0 Å². The van der Waals surface area contributed by atoms with Crippen LogP contribution in [0, 0.1) is 0 Å². The third kappa shape index (κ3) is 3.66. The molecule has 0 aliphatic heterocycles. The lowest BCUT2D eigenvalue weighted by Gasteiger charge is -2.07. The fourth-order valence-electron chi connectivity index (χ4n) is 1.92. The summed E-state index contributed by atoms with van der Waals surface area (Å²) in [4.78, 5) is 12.1. The lowest BCUT2D eigenvalue weighted by molar-refractivity contribution is 0.102. The summed E-state index contributed by atoms with van der Waals surface area (Å²) in [6, 6.07) is 15.0. The van der Waals surface area contributed by atoms with E-state index >= 15 is 0 Å². The van der Waals surface area contributed by atoms with E-state index in [0.29, 0.717) is 18.7 Å². The molecule has 1 amide bonds. The molecule has 0 saturated heterocycles. The molecule has 4 nitrogen and oxygen atoms in total. The highest BCUT2D eigenvalue weighted by atomic mass is 16.1. The molecular formula is C16H19N3O. The van der Waals surface area contributed by atoms with Gasteiger partial charge in [0.1, 0.15) is 0 Å². The lowest BCUT2D eigenvalue weighted by atomic mass is 10.1. The Bertz CT molecular complexity index is 561. The van der Waals surface area contributed by atoms with Crippen molar-refractivity contribution in [3.05, 3.63) is 65.2 Å². The quantitative estimate of drug-likeness (QED) is 0.775. The number of nitrogens with two attached hydrogens (primary N) is 2. The van der Waals surface area contributed by atoms with Crippen molar-refractivity contribution in [2.75, 3.05) is 11.9 Å². The second-order valence-corrected chi connectivity index (χ2v) is 4.59. The number of hydrogen-bond acceptors (Lipinski definition) is 3. The first-order chi connectivity index (χ1) is 9.72. The van der Waals surface area contributed by atoms with Crippen molar-refractivity contribution in [1.29, 1.82) is 0 Å². The van der Waals surface area contributed by atoms with Crippen LogP contribution in [0.5, 0.6) is 0 Å². The van der Waals surface area contributed by atoms with Crippen molar-refractivity contribution in [2.45, 2.75) is 13.0 Å². The number of anilines is 1. The molecule has 0 aliphatic rings. The van der Waals surface area contributed by atoms with E-state index in [4.69, 9.17) is 11.5 Å². The van der Waals surface area contributed by atoms with E-state index in [9.17, 15) is 4.79 Å². The minimum absolute atomic E-state index is 0.125. The zero-order valence-corrected chi connectivity index (χ0v) is 11.3. The van der Waals surface area contributed by atoms with Gasteiger partial charge in [-0.25, -0.2) is 0 Å². The molecule has 4 heteroatoms. The normalized spacial score (nSPS) is 10.3. The number of carbonyl (C=O) groups is 1. The van der Waals surface area contributed by atoms with E-state index in [-0.39, 0.29) is 5.91 Å². The predicted octanol–water partition coefficient (Wildman–Crippen LogP) is 1.90. The van der Waals surface area contributed by atoms with Crippen LogP contribution in [0.3, 0.4) is 0 Å². The maximum absolute atomic E-state index is 12.1. The molecule has 0 bridgehead atoms. The van der Waals surface area contributed by atoms with Gasteiger partial charge in [-0.2, -0.15) is 0 Å². The minimum Gasteiger partial charge on any atom is -0.330 e. The molecule has 2 aromatic carbocycles. The number of benzene rings is 2. The van der Waals surface area contributed by atoms with E-state index in [0.717, 1.165) is 23.2 Å². The molecule has 2 aromatic rings. The summed E-state index contributed by atoms with van der Waals surface area (Å²) >= 11 is 0. The fraction of sp³-hybridized carbons (Fsp3) is 0.188. The van der Waals surface area contributed by atoms with Crippen LogP contribution >= 0.6 is 0 Å². The smallest absolute Gasteiger partial charge is 0.255 e. The fourth-order valence-corrected chi connectivity index (χ4v) is 1.92. The number of carbonyl (C=O) groups excluding carboxylic acids is 1. The topological polar surface area (TPSA) is 81.1 Å². The number of nitrogens with one attached hydrogen (secondary N) is 1. The molecule has 0 radical (unpaired) electrons. The van der Waals surface area contributed by atoms with Crippen molar-refractivity contribution in [2.24, 2.45) is 11.5 Å². The summed E-state index contributed by atoms with van der Waals surface area (Å²) in [5.41, 5.74) is 14.6. The molecule has 2 rings (SSSR count). The molecule has 0 spiro atoms. The van der Waals surface area contributed by atoms with E-state index in [1.165, 1.54) is 0 Å². The first kappa shape index (κ1) is 14.2. The maximum atomic E-state index is 12.1. The second kappa shape index (κ2) is 6.84. The van der Waals surface area contributed by atoms with Crippen molar-refractivity contribution in [1.82, 2.24) is 0 Å². The van der Waals surface area contributed by atoms with Gasteiger partial charge in [0.25, 0.3) is 5.91 Å². The Morgan fingerprint density at radius 3 is 2.05 bits per heavy atom. The summed E-state index contributed by atoms with van der Waals surface area (Å²) in [5, 5.41) is 2.86. The largest absolute Gasteiger partial charge is 0.330 e. The van der Waals surface area contributed by atoms with Gasteiger partial charge in [-0.05, 0) is 48.4 Å². The lowest BCUT2D eigenvalue weighted by Crippen LogP contribution is -2.12. The van der Waals surface area contributed by atoms with Gasteiger partial charge in [0.15, 0.2) is 0 Å². The molecule has 0 atom stereocenters. The van der Waals surface area contributed by atoms with Crippen LogP contribution in [0.1, 0.15) is 21.5 Å². The Balaban J connectivity index is 2.02. The molecule has 0 unspecified atom stereocenters. The Hall–Kier alpha value is -2.17. The van der Waals surface area contributed by atoms with E-state index < -0.39 is 0 Å². The van der Waals surface area contributed by atoms with E-state index in [1.54, 1.807) is 12.1 Å². The number of hydrogen-bond donors (Lipinski definition) is 3. The Morgan fingerprint density at radius 2 is 1.50 bits per heavy atom. The highest BCUT2D eigenvalue weighted by Crippen LogP contribution is 2.12. The SMILES string of the molecule is NCCc1ccc(NC(=O)c2ccc(CN)cc2)cc1. The van der Waals surface area contributed by atoms with Gasteiger partial charge in [-0.3, -0.25) is 4.79 Å². The van der Waals surface area contributed by atoms with E-state index in [1.807, 2.05) is 36.4 Å². The van der Waals surface area contributed by atoms with Crippen LogP contribution < -0.4 is 16.8 Å². The number of rotatable bonds is 5. The van der Waals surface area contributed by atoms with Gasteiger partial charge in [0.05, 0.1) is 0 Å². The van der Waals surface area contributed by atoms with Gasteiger partial charge < -0.3 is 16.8 Å². The highest BCUT2D eigenvalue weighted by Gasteiger charge is 2.05. The molecular weight excluding hydrogens is 250 g/mol. The number of amides is 1. The molecule has 5 N–H and O–H groups in total. The third-order valence-electron chi connectivity index (χ3n) is 3.10. The molecule has 0 saturated carbocycles. The standard InChI is InChI=1S/C16H19N3O/c17-10-9-12-3-7-15(8-4-12)19-16(20)14-5-1-13(11-18)2-6-14/h1-8H,9-11,17-18H2,(H,19,20). The summed E-state index contributed by atoms with van der Waals surface area (Å²) in [5.74, 6) is -0.125. The molecule has 20 heavy (non-hydrogen) atoms. The van der Waals surface area contributed by atoms with Crippen molar-refractivity contribution in [3.63, 3.8) is 0 Å². The third-order valence-corrected chi connectivity index (χ3v) is 3.10. The van der Waals surface area contributed by atoms with Gasteiger partial charge in [-0.1, -0.05) is 24.3 Å². The predicted molar refractivity (Wildman–Crippen MR) is 81.5 cm³/mol. The van der Waals surface area contributed by atoms with Crippen LogP contribution in [-0.2, 0) is 13.0 Å². The first-order valence-electron chi connectivity index (χ1n) is 6.62. The molecule has 104 valence electrons. The molecule has 0 heterocycles. The van der Waals surface area contributed by atoms with Gasteiger partial charge in [0, 0.05) is 17.8 Å². The van der Waals surface area contributed by atoms with Gasteiger partial charge >= 0.3 is 0 Å². The average Bonchev–Trinajstić information content (AvgIpc) is 2.49. The Labute approximate surface area is 118 Å². The summed E-state index contributed by atoms with van der Waals surface area (Å²) < 4.78 is 0. The molecule has 0 fully saturated rings.